The Morgan fingerprint density at radius 2 is 2.47 bits per heavy atom. The Labute approximate surface area is 92.7 Å². The van der Waals surface area contributed by atoms with Crippen molar-refractivity contribution >= 4 is 23.5 Å². The number of thioether (sulfide) groups is 1. The topological polar surface area (TPSA) is 65.8 Å². The Morgan fingerprint density at radius 3 is 3.00 bits per heavy atom. The number of nitrogens with one attached hydrogen (secondary N) is 1. The quantitative estimate of drug-likeness (QED) is 0.839. The number of rotatable bonds is 4. The molecule has 1 aromatic heterocycles. The predicted octanol–water partition coefficient (Wildman–Crippen LogP) is 1.64. The van der Waals surface area contributed by atoms with Crippen LogP contribution in [0.15, 0.2) is 18.3 Å². The molecule has 0 aromatic carbocycles. The number of nitriles is 1. The summed E-state index contributed by atoms with van der Waals surface area (Å²) in [6.45, 7) is 0. The first-order valence-electron chi connectivity index (χ1n) is 4.41. The highest BCUT2D eigenvalue weighted by atomic mass is 32.2. The second-order valence-corrected chi connectivity index (χ2v) is 3.82. The number of anilines is 1. The van der Waals surface area contributed by atoms with Crippen LogP contribution in [0.4, 0.5) is 5.82 Å². The van der Waals surface area contributed by atoms with Crippen LogP contribution in [0.5, 0.6) is 0 Å². The zero-order valence-electron chi connectivity index (χ0n) is 8.36. The van der Waals surface area contributed by atoms with Gasteiger partial charge in [0.05, 0.1) is 5.56 Å². The van der Waals surface area contributed by atoms with E-state index in [1.165, 1.54) is 6.20 Å². The van der Waals surface area contributed by atoms with Gasteiger partial charge in [-0.3, -0.25) is 4.79 Å². The molecular formula is C10H11N3OS. The molecule has 0 aliphatic carbocycles. The van der Waals surface area contributed by atoms with Gasteiger partial charge in [-0.15, -0.1) is 0 Å². The van der Waals surface area contributed by atoms with Crippen molar-refractivity contribution in [3.63, 3.8) is 0 Å². The van der Waals surface area contributed by atoms with Crippen LogP contribution in [0.3, 0.4) is 0 Å². The highest BCUT2D eigenvalue weighted by Crippen LogP contribution is 2.05. The minimum Gasteiger partial charge on any atom is -0.311 e. The van der Waals surface area contributed by atoms with E-state index in [4.69, 9.17) is 5.26 Å². The molecule has 5 heteroatoms. The first kappa shape index (κ1) is 11.5. The van der Waals surface area contributed by atoms with Crippen LogP contribution in [-0.2, 0) is 4.79 Å². The summed E-state index contributed by atoms with van der Waals surface area (Å²) in [5.74, 6) is 1.23. The van der Waals surface area contributed by atoms with E-state index < -0.39 is 0 Å². The number of nitrogens with zero attached hydrogens (tertiary/aromatic N) is 2. The highest BCUT2D eigenvalue weighted by molar-refractivity contribution is 7.98. The fourth-order valence-corrected chi connectivity index (χ4v) is 1.32. The molecule has 78 valence electrons. The van der Waals surface area contributed by atoms with Crippen molar-refractivity contribution in [1.82, 2.24) is 4.98 Å². The Kier molecular flexibility index (Phi) is 4.64. The van der Waals surface area contributed by atoms with E-state index in [0.29, 0.717) is 17.8 Å². The van der Waals surface area contributed by atoms with Gasteiger partial charge in [-0.25, -0.2) is 4.98 Å². The molecule has 1 aromatic rings. The molecule has 15 heavy (non-hydrogen) atoms. The number of aromatic nitrogens is 1. The van der Waals surface area contributed by atoms with Crippen molar-refractivity contribution in [3.05, 3.63) is 23.9 Å². The van der Waals surface area contributed by atoms with E-state index in [2.05, 4.69) is 10.3 Å². The number of amides is 1. The maximum atomic E-state index is 11.3. The Hall–Kier alpha value is -1.54. The maximum absolute atomic E-state index is 11.3. The summed E-state index contributed by atoms with van der Waals surface area (Å²) in [5, 5.41) is 11.2. The number of hydrogen-bond acceptors (Lipinski definition) is 4. The highest BCUT2D eigenvalue weighted by Gasteiger charge is 2.02. The minimum atomic E-state index is -0.0541. The summed E-state index contributed by atoms with van der Waals surface area (Å²) in [7, 11) is 0. The molecule has 0 unspecified atom stereocenters. The van der Waals surface area contributed by atoms with Gasteiger partial charge in [-0.05, 0) is 18.4 Å². The lowest BCUT2D eigenvalue weighted by Gasteiger charge is -2.02. The van der Waals surface area contributed by atoms with Gasteiger partial charge < -0.3 is 5.32 Å². The normalized spacial score (nSPS) is 9.33. The molecule has 1 amide bonds. The van der Waals surface area contributed by atoms with Crippen molar-refractivity contribution in [3.8, 4) is 6.07 Å². The first-order valence-corrected chi connectivity index (χ1v) is 5.80. The zero-order chi connectivity index (χ0) is 11.1. The number of carbonyl (C=O) groups is 1. The van der Waals surface area contributed by atoms with E-state index in [1.54, 1.807) is 23.9 Å². The van der Waals surface area contributed by atoms with Crippen LogP contribution in [0, 0.1) is 11.3 Å². The first-order chi connectivity index (χ1) is 7.26. The van der Waals surface area contributed by atoms with E-state index >= 15 is 0 Å². The second kappa shape index (κ2) is 6.04. The average Bonchev–Trinajstić information content (AvgIpc) is 2.27. The molecule has 1 heterocycles. The molecule has 0 aliphatic rings. The Bertz CT molecular complexity index is 369. The van der Waals surface area contributed by atoms with E-state index in [1.807, 2.05) is 12.3 Å². The third-order valence-electron chi connectivity index (χ3n) is 1.69. The van der Waals surface area contributed by atoms with Crippen LogP contribution >= 0.6 is 11.8 Å². The number of carbonyl (C=O) groups excluding carboxylic acids is 1. The van der Waals surface area contributed by atoms with Crippen molar-refractivity contribution < 1.29 is 4.79 Å². The van der Waals surface area contributed by atoms with Crippen LogP contribution in [0.2, 0.25) is 0 Å². The van der Waals surface area contributed by atoms with Gasteiger partial charge >= 0.3 is 0 Å². The van der Waals surface area contributed by atoms with Gasteiger partial charge in [0.1, 0.15) is 11.9 Å². The summed E-state index contributed by atoms with van der Waals surface area (Å²) < 4.78 is 0. The lowest BCUT2D eigenvalue weighted by Crippen LogP contribution is -2.13. The van der Waals surface area contributed by atoms with E-state index in [-0.39, 0.29) is 5.91 Å². The van der Waals surface area contributed by atoms with E-state index in [0.717, 1.165) is 5.75 Å². The van der Waals surface area contributed by atoms with Crippen molar-refractivity contribution in [2.24, 2.45) is 0 Å². The summed E-state index contributed by atoms with van der Waals surface area (Å²) in [5.41, 5.74) is 0.483. The van der Waals surface area contributed by atoms with Crippen LogP contribution < -0.4 is 5.32 Å². The molecule has 0 saturated carbocycles. The molecule has 0 atom stereocenters. The molecular weight excluding hydrogens is 210 g/mol. The predicted molar refractivity (Wildman–Crippen MR) is 60.6 cm³/mol. The fraction of sp³-hybridized carbons (Fsp3) is 0.300. The number of pyridine rings is 1. The third-order valence-corrected chi connectivity index (χ3v) is 2.31. The van der Waals surface area contributed by atoms with Crippen LogP contribution in [0.25, 0.3) is 0 Å². The van der Waals surface area contributed by atoms with Gasteiger partial charge in [0, 0.05) is 18.4 Å². The molecule has 0 radical (unpaired) electrons. The van der Waals surface area contributed by atoms with Gasteiger partial charge in [0.15, 0.2) is 0 Å². The van der Waals surface area contributed by atoms with Crippen molar-refractivity contribution in [2.45, 2.75) is 6.42 Å². The molecule has 0 spiro atoms. The Morgan fingerprint density at radius 1 is 1.67 bits per heavy atom. The zero-order valence-corrected chi connectivity index (χ0v) is 9.17. The molecule has 0 fully saturated rings. The maximum Gasteiger partial charge on any atom is 0.226 e. The standard InChI is InChI=1S/C10H11N3OS/c1-15-5-4-10(14)13-9-3-2-8(6-11)7-12-9/h2-3,7H,4-5H2,1H3,(H,12,13,14). The molecule has 0 aliphatic heterocycles. The Balaban J connectivity index is 2.50. The van der Waals surface area contributed by atoms with Crippen molar-refractivity contribution in [2.75, 3.05) is 17.3 Å². The smallest absolute Gasteiger partial charge is 0.226 e. The van der Waals surface area contributed by atoms with Gasteiger partial charge in [-0.1, -0.05) is 0 Å². The number of hydrogen-bond donors (Lipinski definition) is 1. The summed E-state index contributed by atoms with van der Waals surface area (Å²) in [6.07, 6.45) is 3.86. The van der Waals surface area contributed by atoms with E-state index in [9.17, 15) is 4.79 Å². The van der Waals surface area contributed by atoms with Crippen LogP contribution in [-0.4, -0.2) is 22.9 Å². The lowest BCUT2D eigenvalue weighted by atomic mass is 10.3. The summed E-state index contributed by atoms with van der Waals surface area (Å²) in [6, 6.07) is 5.21. The summed E-state index contributed by atoms with van der Waals surface area (Å²) >= 11 is 1.62. The van der Waals surface area contributed by atoms with Gasteiger partial charge in [0.2, 0.25) is 5.91 Å². The molecule has 1 rings (SSSR count). The molecule has 4 nitrogen and oxygen atoms in total. The second-order valence-electron chi connectivity index (χ2n) is 2.83. The summed E-state index contributed by atoms with van der Waals surface area (Å²) in [4.78, 5) is 15.2. The molecule has 0 saturated heterocycles. The fourth-order valence-electron chi connectivity index (χ4n) is 0.934. The monoisotopic (exact) mass is 221 g/mol. The third kappa shape index (κ3) is 4.00. The SMILES string of the molecule is CSCCC(=O)Nc1ccc(C#N)cn1. The molecule has 1 N–H and O–H groups in total. The largest absolute Gasteiger partial charge is 0.311 e. The minimum absolute atomic E-state index is 0.0541. The average molecular weight is 221 g/mol. The molecule has 0 bridgehead atoms. The van der Waals surface area contributed by atoms with Gasteiger partial charge in [-0.2, -0.15) is 17.0 Å². The van der Waals surface area contributed by atoms with Gasteiger partial charge in [0.25, 0.3) is 0 Å². The van der Waals surface area contributed by atoms with Crippen LogP contribution in [0.1, 0.15) is 12.0 Å². The lowest BCUT2D eigenvalue weighted by molar-refractivity contribution is -0.115. The van der Waals surface area contributed by atoms with Crippen molar-refractivity contribution in [1.29, 1.82) is 5.26 Å².